The van der Waals surface area contributed by atoms with Gasteiger partial charge in [-0.1, -0.05) is 20.3 Å². The minimum atomic E-state index is 0.916. The molecule has 0 unspecified atom stereocenters. The lowest BCUT2D eigenvalue weighted by Gasteiger charge is -2.32. The summed E-state index contributed by atoms with van der Waals surface area (Å²) in [5.41, 5.74) is 0. The Morgan fingerprint density at radius 3 is 2.80 bits per heavy atom. The average Bonchev–Trinajstić information content (AvgIpc) is 2.23. The first-order valence-corrected chi connectivity index (χ1v) is 6.63. The maximum Gasteiger partial charge on any atom is 0.0109 e. The van der Waals surface area contributed by atoms with Gasteiger partial charge in [0.15, 0.2) is 0 Å². The Kier molecular flexibility index (Phi) is 6.26. The zero-order chi connectivity index (χ0) is 11.1. The maximum atomic E-state index is 2.64. The van der Waals surface area contributed by atoms with E-state index < -0.39 is 0 Å². The first kappa shape index (κ1) is 13.0. The Labute approximate surface area is 95.6 Å². The summed E-state index contributed by atoms with van der Waals surface area (Å²) in [6, 6.07) is 0. The van der Waals surface area contributed by atoms with Crippen molar-refractivity contribution in [2.75, 3.05) is 39.8 Å². The lowest BCUT2D eigenvalue weighted by Crippen LogP contribution is -2.39. The van der Waals surface area contributed by atoms with E-state index in [1.807, 2.05) is 0 Å². The average molecular weight is 212 g/mol. The molecule has 0 aliphatic carbocycles. The van der Waals surface area contributed by atoms with Crippen molar-refractivity contribution < 1.29 is 0 Å². The first-order valence-electron chi connectivity index (χ1n) is 6.63. The van der Waals surface area contributed by atoms with Crippen LogP contribution in [-0.2, 0) is 0 Å². The Morgan fingerprint density at radius 2 is 2.13 bits per heavy atom. The number of rotatable bonds is 6. The molecule has 1 aliphatic heterocycles. The molecule has 15 heavy (non-hydrogen) atoms. The first-order chi connectivity index (χ1) is 7.22. The van der Waals surface area contributed by atoms with Gasteiger partial charge in [0.1, 0.15) is 0 Å². The maximum absolute atomic E-state index is 2.64. The minimum absolute atomic E-state index is 0.916. The zero-order valence-electron chi connectivity index (χ0n) is 10.8. The molecule has 1 atom stereocenters. The standard InChI is InChI=1S/C13H28N2/c1-4-5-8-14(3)10-11-15-9-6-7-13(2)12-15/h13H,4-12H2,1-3H3/t13-/m0/s1. The van der Waals surface area contributed by atoms with Crippen LogP contribution in [0, 0.1) is 5.92 Å². The predicted octanol–water partition coefficient (Wildman–Crippen LogP) is 2.45. The Balaban J connectivity index is 2.07. The van der Waals surface area contributed by atoms with Crippen LogP contribution in [-0.4, -0.2) is 49.6 Å². The van der Waals surface area contributed by atoms with Crippen LogP contribution in [0.15, 0.2) is 0 Å². The molecule has 0 aromatic heterocycles. The Hall–Kier alpha value is -0.0800. The summed E-state index contributed by atoms with van der Waals surface area (Å²) in [7, 11) is 2.25. The van der Waals surface area contributed by atoms with Crippen LogP contribution in [0.2, 0.25) is 0 Å². The van der Waals surface area contributed by atoms with E-state index in [1.54, 1.807) is 0 Å². The SMILES string of the molecule is CCCCN(C)CCN1CCC[C@H](C)C1. The molecule has 90 valence electrons. The van der Waals surface area contributed by atoms with Crippen molar-refractivity contribution in [3.63, 3.8) is 0 Å². The van der Waals surface area contributed by atoms with E-state index in [-0.39, 0.29) is 0 Å². The second-order valence-electron chi connectivity index (χ2n) is 5.20. The molecular formula is C13H28N2. The number of hydrogen-bond donors (Lipinski definition) is 0. The largest absolute Gasteiger partial charge is 0.305 e. The normalized spacial score (nSPS) is 23.6. The van der Waals surface area contributed by atoms with Gasteiger partial charge >= 0.3 is 0 Å². The molecule has 0 spiro atoms. The molecular weight excluding hydrogens is 184 g/mol. The third kappa shape index (κ3) is 5.53. The number of likely N-dealkylation sites (N-methyl/N-ethyl adjacent to an activating group) is 1. The number of hydrogen-bond acceptors (Lipinski definition) is 2. The summed E-state index contributed by atoms with van der Waals surface area (Å²) in [4.78, 5) is 5.11. The van der Waals surface area contributed by atoms with E-state index in [9.17, 15) is 0 Å². The molecule has 0 saturated carbocycles. The monoisotopic (exact) mass is 212 g/mol. The van der Waals surface area contributed by atoms with E-state index in [0.29, 0.717) is 0 Å². The highest BCUT2D eigenvalue weighted by molar-refractivity contribution is 4.70. The lowest BCUT2D eigenvalue weighted by atomic mass is 10.0. The van der Waals surface area contributed by atoms with E-state index in [2.05, 4.69) is 30.7 Å². The molecule has 2 heteroatoms. The van der Waals surface area contributed by atoms with Gasteiger partial charge < -0.3 is 9.80 Å². The van der Waals surface area contributed by atoms with Crippen LogP contribution in [0.25, 0.3) is 0 Å². The highest BCUT2D eigenvalue weighted by Crippen LogP contribution is 2.14. The van der Waals surface area contributed by atoms with Crippen molar-refractivity contribution in [2.24, 2.45) is 5.92 Å². The highest BCUT2D eigenvalue weighted by atomic mass is 15.2. The smallest absolute Gasteiger partial charge is 0.0109 e. The van der Waals surface area contributed by atoms with Crippen LogP contribution < -0.4 is 0 Å². The number of piperidine rings is 1. The van der Waals surface area contributed by atoms with Crippen LogP contribution in [0.5, 0.6) is 0 Å². The van der Waals surface area contributed by atoms with Crippen LogP contribution in [0.1, 0.15) is 39.5 Å². The molecule has 0 amide bonds. The molecule has 1 rings (SSSR count). The van der Waals surface area contributed by atoms with Gasteiger partial charge in [-0.05, 0) is 45.3 Å². The quantitative estimate of drug-likeness (QED) is 0.667. The molecule has 0 aromatic carbocycles. The Bertz CT molecular complexity index is 159. The second-order valence-corrected chi connectivity index (χ2v) is 5.20. The molecule has 1 fully saturated rings. The molecule has 1 aliphatic rings. The van der Waals surface area contributed by atoms with Gasteiger partial charge in [-0.2, -0.15) is 0 Å². The van der Waals surface area contributed by atoms with Crippen LogP contribution in [0.3, 0.4) is 0 Å². The third-order valence-corrected chi connectivity index (χ3v) is 3.43. The molecule has 1 saturated heterocycles. The van der Waals surface area contributed by atoms with Crippen molar-refractivity contribution in [3.05, 3.63) is 0 Å². The second kappa shape index (κ2) is 7.24. The summed E-state index contributed by atoms with van der Waals surface area (Å²) in [6.45, 7) is 11.1. The molecule has 0 N–H and O–H groups in total. The molecule has 1 heterocycles. The molecule has 0 bridgehead atoms. The fourth-order valence-corrected chi connectivity index (χ4v) is 2.34. The minimum Gasteiger partial charge on any atom is -0.305 e. The number of unbranched alkanes of at least 4 members (excludes halogenated alkanes) is 1. The fourth-order valence-electron chi connectivity index (χ4n) is 2.34. The lowest BCUT2D eigenvalue weighted by molar-refractivity contribution is 0.163. The van der Waals surface area contributed by atoms with Gasteiger partial charge in [-0.3, -0.25) is 0 Å². The third-order valence-electron chi connectivity index (χ3n) is 3.43. The van der Waals surface area contributed by atoms with Crippen molar-refractivity contribution in [3.8, 4) is 0 Å². The number of likely N-dealkylation sites (tertiary alicyclic amines) is 1. The van der Waals surface area contributed by atoms with Gasteiger partial charge in [0.2, 0.25) is 0 Å². The van der Waals surface area contributed by atoms with Gasteiger partial charge in [-0.25, -0.2) is 0 Å². The van der Waals surface area contributed by atoms with Crippen molar-refractivity contribution in [2.45, 2.75) is 39.5 Å². The summed E-state index contributed by atoms with van der Waals surface area (Å²) in [6.07, 6.45) is 5.49. The summed E-state index contributed by atoms with van der Waals surface area (Å²) in [5, 5.41) is 0. The summed E-state index contributed by atoms with van der Waals surface area (Å²) >= 11 is 0. The molecule has 2 nitrogen and oxygen atoms in total. The van der Waals surface area contributed by atoms with Gasteiger partial charge in [0.25, 0.3) is 0 Å². The van der Waals surface area contributed by atoms with Crippen molar-refractivity contribution in [1.29, 1.82) is 0 Å². The topological polar surface area (TPSA) is 6.48 Å². The Morgan fingerprint density at radius 1 is 1.33 bits per heavy atom. The number of nitrogens with zero attached hydrogens (tertiary/aromatic N) is 2. The van der Waals surface area contributed by atoms with Gasteiger partial charge in [0.05, 0.1) is 0 Å². The van der Waals surface area contributed by atoms with E-state index in [0.717, 1.165) is 5.92 Å². The van der Waals surface area contributed by atoms with Crippen molar-refractivity contribution >= 4 is 0 Å². The van der Waals surface area contributed by atoms with E-state index >= 15 is 0 Å². The summed E-state index contributed by atoms with van der Waals surface area (Å²) < 4.78 is 0. The van der Waals surface area contributed by atoms with Crippen LogP contribution >= 0.6 is 0 Å². The van der Waals surface area contributed by atoms with Crippen LogP contribution in [0.4, 0.5) is 0 Å². The predicted molar refractivity (Wildman–Crippen MR) is 67.2 cm³/mol. The molecule has 0 radical (unpaired) electrons. The molecule has 0 aromatic rings. The fraction of sp³-hybridized carbons (Fsp3) is 1.00. The van der Waals surface area contributed by atoms with E-state index in [4.69, 9.17) is 0 Å². The van der Waals surface area contributed by atoms with Gasteiger partial charge in [-0.15, -0.1) is 0 Å². The van der Waals surface area contributed by atoms with Crippen molar-refractivity contribution in [1.82, 2.24) is 9.80 Å². The summed E-state index contributed by atoms with van der Waals surface area (Å²) in [5.74, 6) is 0.916. The highest BCUT2D eigenvalue weighted by Gasteiger charge is 2.15. The van der Waals surface area contributed by atoms with E-state index in [1.165, 1.54) is 58.4 Å². The zero-order valence-corrected chi connectivity index (χ0v) is 10.8. The van der Waals surface area contributed by atoms with Gasteiger partial charge in [0, 0.05) is 19.6 Å².